The summed E-state index contributed by atoms with van der Waals surface area (Å²) in [6.07, 6.45) is 0. The molecule has 0 aliphatic heterocycles. The van der Waals surface area contributed by atoms with Crippen LogP contribution in [0.2, 0.25) is 5.04 Å². The molecule has 1 atom stereocenters. The van der Waals surface area contributed by atoms with Gasteiger partial charge in [-0.15, -0.1) is 0 Å². The maximum absolute atomic E-state index is 8.92. The van der Waals surface area contributed by atoms with E-state index in [-0.39, 0.29) is 17.6 Å². The van der Waals surface area contributed by atoms with E-state index in [1.165, 1.54) is 10.4 Å². The molecule has 2 nitrogen and oxygen atoms in total. The molecule has 0 radical (unpaired) electrons. The van der Waals surface area contributed by atoms with Crippen molar-refractivity contribution in [1.82, 2.24) is 0 Å². The van der Waals surface area contributed by atoms with Crippen LogP contribution in [0, 0.1) is 17.8 Å². The van der Waals surface area contributed by atoms with Crippen molar-refractivity contribution in [3.05, 3.63) is 60.7 Å². The molecule has 0 amide bonds. The van der Waals surface area contributed by atoms with Crippen LogP contribution in [0.5, 0.6) is 0 Å². The van der Waals surface area contributed by atoms with E-state index in [4.69, 9.17) is 9.53 Å². The van der Waals surface area contributed by atoms with Crippen LogP contribution in [0.4, 0.5) is 0 Å². The Labute approximate surface area is 153 Å². The third-order valence-corrected chi connectivity index (χ3v) is 9.40. The third kappa shape index (κ3) is 4.41. The fourth-order valence-corrected chi connectivity index (χ4v) is 7.93. The molecule has 0 heterocycles. The average Bonchev–Trinajstić information content (AvgIpc) is 2.61. The van der Waals surface area contributed by atoms with Gasteiger partial charge < -0.3 is 9.53 Å². The average molecular weight is 353 g/mol. The zero-order chi connectivity index (χ0) is 18.3. The maximum atomic E-state index is 8.92. The highest BCUT2D eigenvalue weighted by atomic mass is 28.4. The van der Waals surface area contributed by atoms with Crippen molar-refractivity contribution in [2.24, 2.45) is 5.92 Å². The van der Waals surface area contributed by atoms with Gasteiger partial charge in [0, 0.05) is 12.5 Å². The number of benzene rings is 2. The third-order valence-electron chi connectivity index (χ3n) is 4.39. The SMILES string of the molecule is C[C@H](C#CCO)CO[Si](c1ccccc1)(c1ccccc1)C(C)(C)C. The molecule has 0 unspecified atom stereocenters. The molecule has 2 rings (SSSR count). The minimum Gasteiger partial charge on any atom is -0.406 e. The molecule has 0 bridgehead atoms. The Bertz CT molecular complexity index is 669. The maximum Gasteiger partial charge on any atom is 0.261 e. The fourth-order valence-electron chi connectivity index (χ4n) is 3.27. The summed E-state index contributed by atoms with van der Waals surface area (Å²) in [5, 5.41) is 11.4. The highest BCUT2D eigenvalue weighted by molar-refractivity contribution is 6.99. The molecule has 2 aromatic carbocycles. The molecule has 3 heteroatoms. The van der Waals surface area contributed by atoms with Gasteiger partial charge in [0.15, 0.2) is 0 Å². The Balaban J connectivity index is 2.53. The van der Waals surface area contributed by atoms with E-state index in [9.17, 15) is 0 Å². The summed E-state index contributed by atoms with van der Waals surface area (Å²) < 4.78 is 6.78. The quantitative estimate of drug-likeness (QED) is 0.661. The molecule has 0 aromatic heterocycles. The summed E-state index contributed by atoms with van der Waals surface area (Å²) in [4.78, 5) is 0. The van der Waals surface area contributed by atoms with E-state index in [2.05, 4.69) is 81.1 Å². The standard InChI is InChI=1S/C22H28O2Si/c1-19(12-11-17-23)18-24-25(22(2,3)4,20-13-7-5-8-14-20)21-15-9-6-10-16-21/h5-10,13-16,19,23H,17-18H2,1-4H3/t19-/m1/s1. The summed E-state index contributed by atoms with van der Waals surface area (Å²) in [5.41, 5.74) is 0. The summed E-state index contributed by atoms with van der Waals surface area (Å²) in [6.45, 7) is 9.29. The van der Waals surface area contributed by atoms with Crippen molar-refractivity contribution in [2.75, 3.05) is 13.2 Å². The van der Waals surface area contributed by atoms with Crippen molar-refractivity contribution < 1.29 is 9.53 Å². The molecular weight excluding hydrogens is 324 g/mol. The van der Waals surface area contributed by atoms with E-state index in [1.54, 1.807) is 0 Å². The summed E-state index contributed by atoms with van der Waals surface area (Å²) in [7, 11) is -2.48. The first-order valence-electron chi connectivity index (χ1n) is 8.76. The highest BCUT2D eigenvalue weighted by Gasteiger charge is 2.50. The van der Waals surface area contributed by atoms with Gasteiger partial charge >= 0.3 is 0 Å². The second-order valence-electron chi connectivity index (χ2n) is 7.35. The van der Waals surface area contributed by atoms with Gasteiger partial charge in [0.1, 0.15) is 6.61 Å². The molecule has 0 spiro atoms. The predicted octanol–water partition coefficient (Wildman–Crippen LogP) is 3.19. The molecule has 2 aromatic rings. The van der Waals surface area contributed by atoms with Crippen molar-refractivity contribution >= 4 is 18.7 Å². The first-order valence-corrected chi connectivity index (χ1v) is 10.7. The highest BCUT2D eigenvalue weighted by Crippen LogP contribution is 2.36. The summed E-state index contributed by atoms with van der Waals surface area (Å²) >= 11 is 0. The van der Waals surface area contributed by atoms with E-state index < -0.39 is 8.32 Å². The minimum atomic E-state index is -2.48. The molecule has 0 saturated carbocycles. The Hall–Kier alpha value is -1.86. The summed E-state index contributed by atoms with van der Waals surface area (Å²) in [6, 6.07) is 21.2. The van der Waals surface area contributed by atoms with Crippen molar-refractivity contribution in [2.45, 2.75) is 32.7 Å². The van der Waals surface area contributed by atoms with Crippen LogP contribution >= 0.6 is 0 Å². The van der Waals surface area contributed by atoms with Crippen molar-refractivity contribution in [3.8, 4) is 11.8 Å². The fraction of sp³-hybridized carbons (Fsp3) is 0.364. The van der Waals surface area contributed by atoms with Crippen LogP contribution in [0.25, 0.3) is 0 Å². The zero-order valence-corrected chi connectivity index (χ0v) is 16.6. The molecule has 0 aliphatic rings. The molecule has 0 aliphatic carbocycles. The largest absolute Gasteiger partial charge is 0.406 e. The first kappa shape index (κ1) is 19.5. The van der Waals surface area contributed by atoms with Crippen LogP contribution in [0.15, 0.2) is 60.7 Å². The van der Waals surface area contributed by atoms with E-state index >= 15 is 0 Å². The lowest BCUT2D eigenvalue weighted by Gasteiger charge is -2.43. The molecule has 25 heavy (non-hydrogen) atoms. The summed E-state index contributed by atoms with van der Waals surface area (Å²) in [5.74, 6) is 5.88. The van der Waals surface area contributed by atoms with E-state index in [1.807, 2.05) is 19.1 Å². The Kier molecular flexibility index (Phi) is 6.61. The molecule has 0 fully saturated rings. The van der Waals surface area contributed by atoms with Gasteiger partial charge in [-0.3, -0.25) is 0 Å². The lowest BCUT2D eigenvalue weighted by Crippen LogP contribution is -2.66. The van der Waals surface area contributed by atoms with Gasteiger partial charge in [-0.05, 0) is 22.3 Å². The Morgan fingerprint density at radius 2 is 1.44 bits per heavy atom. The van der Waals surface area contributed by atoms with Crippen molar-refractivity contribution in [3.63, 3.8) is 0 Å². The predicted molar refractivity (Wildman–Crippen MR) is 108 cm³/mol. The van der Waals surface area contributed by atoms with E-state index in [0.29, 0.717) is 6.61 Å². The topological polar surface area (TPSA) is 29.5 Å². The van der Waals surface area contributed by atoms with E-state index in [0.717, 1.165) is 0 Å². The second-order valence-corrected chi connectivity index (χ2v) is 11.7. The normalized spacial score (nSPS) is 13.0. The van der Waals surface area contributed by atoms with Crippen LogP contribution in [0.3, 0.4) is 0 Å². The number of hydrogen-bond acceptors (Lipinski definition) is 2. The zero-order valence-electron chi connectivity index (χ0n) is 15.6. The van der Waals surface area contributed by atoms with Crippen LogP contribution in [0.1, 0.15) is 27.7 Å². The smallest absolute Gasteiger partial charge is 0.261 e. The van der Waals surface area contributed by atoms with Gasteiger partial charge in [0.25, 0.3) is 8.32 Å². The molecular formula is C22H28O2Si. The monoisotopic (exact) mass is 352 g/mol. The molecule has 0 saturated heterocycles. The van der Waals surface area contributed by atoms with Gasteiger partial charge in [-0.25, -0.2) is 0 Å². The number of aliphatic hydroxyl groups is 1. The van der Waals surface area contributed by atoms with Crippen molar-refractivity contribution in [1.29, 1.82) is 0 Å². The lowest BCUT2D eigenvalue weighted by atomic mass is 10.2. The lowest BCUT2D eigenvalue weighted by molar-refractivity contribution is 0.271. The van der Waals surface area contributed by atoms with Crippen LogP contribution in [-0.4, -0.2) is 26.6 Å². The van der Waals surface area contributed by atoms with Crippen LogP contribution < -0.4 is 10.4 Å². The second kappa shape index (κ2) is 8.49. The van der Waals surface area contributed by atoms with Gasteiger partial charge in [0.2, 0.25) is 0 Å². The van der Waals surface area contributed by atoms with Crippen LogP contribution in [-0.2, 0) is 4.43 Å². The Morgan fingerprint density at radius 3 is 1.84 bits per heavy atom. The first-order chi connectivity index (χ1) is 11.9. The molecule has 1 N–H and O–H groups in total. The van der Waals surface area contributed by atoms with Gasteiger partial charge in [-0.1, -0.05) is 93.3 Å². The Morgan fingerprint density at radius 1 is 0.960 bits per heavy atom. The number of hydrogen-bond donors (Lipinski definition) is 1. The van der Waals surface area contributed by atoms with Gasteiger partial charge in [-0.2, -0.15) is 0 Å². The minimum absolute atomic E-state index is 0.0279. The number of rotatable bonds is 5. The molecule has 132 valence electrons. The van der Waals surface area contributed by atoms with Gasteiger partial charge in [0.05, 0.1) is 0 Å². The number of aliphatic hydroxyl groups excluding tert-OH is 1.